The highest BCUT2D eigenvalue weighted by Crippen LogP contribution is 2.22. The lowest BCUT2D eigenvalue weighted by atomic mass is 10.1. The minimum absolute atomic E-state index is 0.217. The third-order valence-electron chi connectivity index (χ3n) is 3.20. The smallest absolute Gasteiger partial charge is 0.335 e. The topological polar surface area (TPSA) is 62.3 Å². The first-order valence-corrected chi connectivity index (χ1v) is 6.35. The molecule has 1 aromatic heterocycles. The first kappa shape index (κ1) is 13.2. The largest absolute Gasteiger partial charge is 0.489 e. The molecular weight excluding hydrogens is 273 g/mol. The van der Waals surface area contributed by atoms with Crippen LogP contribution in [0.4, 0.5) is 4.39 Å². The SMILES string of the molecule is O=C(O)c1ccc2[nH]cc(COc3cccc(F)c3)c2c1. The van der Waals surface area contributed by atoms with E-state index in [-0.39, 0.29) is 18.0 Å². The van der Waals surface area contributed by atoms with Crippen molar-refractivity contribution >= 4 is 16.9 Å². The quantitative estimate of drug-likeness (QED) is 0.770. The van der Waals surface area contributed by atoms with E-state index in [9.17, 15) is 9.18 Å². The van der Waals surface area contributed by atoms with E-state index < -0.39 is 5.97 Å². The Morgan fingerprint density at radius 1 is 1.24 bits per heavy atom. The van der Waals surface area contributed by atoms with Crippen molar-refractivity contribution in [2.24, 2.45) is 0 Å². The average molecular weight is 285 g/mol. The molecule has 0 unspecified atom stereocenters. The van der Waals surface area contributed by atoms with Crippen molar-refractivity contribution in [3.8, 4) is 5.75 Å². The predicted octanol–water partition coefficient (Wildman–Crippen LogP) is 3.58. The maximum absolute atomic E-state index is 13.1. The van der Waals surface area contributed by atoms with Gasteiger partial charge in [-0.2, -0.15) is 0 Å². The third-order valence-corrected chi connectivity index (χ3v) is 3.20. The zero-order valence-corrected chi connectivity index (χ0v) is 11.0. The van der Waals surface area contributed by atoms with Gasteiger partial charge < -0.3 is 14.8 Å². The van der Waals surface area contributed by atoms with Crippen molar-refractivity contribution in [3.63, 3.8) is 0 Å². The molecule has 3 rings (SSSR count). The van der Waals surface area contributed by atoms with Gasteiger partial charge in [-0.3, -0.25) is 0 Å². The third kappa shape index (κ3) is 2.72. The number of H-pyrrole nitrogens is 1. The summed E-state index contributed by atoms with van der Waals surface area (Å²) in [5.41, 5.74) is 1.87. The predicted molar refractivity (Wildman–Crippen MR) is 76.0 cm³/mol. The molecule has 21 heavy (non-hydrogen) atoms. The zero-order chi connectivity index (χ0) is 14.8. The molecule has 0 amide bonds. The summed E-state index contributed by atoms with van der Waals surface area (Å²) in [6.07, 6.45) is 1.76. The molecule has 2 aromatic carbocycles. The average Bonchev–Trinajstić information content (AvgIpc) is 2.87. The molecule has 106 valence electrons. The summed E-state index contributed by atoms with van der Waals surface area (Å²) >= 11 is 0. The van der Waals surface area contributed by atoms with Gasteiger partial charge in [0.05, 0.1) is 5.56 Å². The summed E-state index contributed by atoms with van der Waals surface area (Å²) in [6, 6.07) is 10.7. The molecule has 1 heterocycles. The summed E-state index contributed by atoms with van der Waals surface area (Å²) in [7, 11) is 0. The van der Waals surface area contributed by atoms with Crippen LogP contribution in [0.5, 0.6) is 5.75 Å². The molecule has 4 nitrogen and oxygen atoms in total. The van der Waals surface area contributed by atoms with Crippen LogP contribution in [0.25, 0.3) is 10.9 Å². The van der Waals surface area contributed by atoms with E-state index in [1.807, 2.05) is 0 Å². The number of aromatic amines is 1. The van der Waals surface area contributed by atoms with Gasteiger partial charge >= 0.3 is 5.97 Å². The number of fused-ring (bicyclic) bond motifs is 1. The molecule has 0 bridgehead atoms. The van der Waals surface area contributed by atoms with Crippen molar-refractivity contribution in [2.75, 3.05) is 0 Å². The van der Waals surface area contributed by atoms with Gasteiger partial charge in [0.25, 0.3) is 0 Å². The van der Waals surface area contributed by atoms with Crippen molar-refractivity contribution < 1.29 is 19.0 Å². The Morgan fingerprint density at radius 2 is 2.10 bits per heavy atom. The monoisotopic (exact) mass is 285 g/mol. The van der Waals surface area contributed by atoms with E-state index >= 15 is 0 Å². The lowest BCUT2D eigenvalue weighted by Gasteiger charge is -2.05. The zero-order valence-electron chi connectivity index (χ0n) is 11.0. The number of carbonyl (C=O) groups is 1. The summed E-state index contributed by atoms with van der Waals surface area (Å²) in [5, 5.41) is 9.81. The molecule has 3 aromatic rings. The van der Waals surface area contributed by atoms with E-state index in [4.69, 9.17) is 9.84 Å². The van der Waals surface area contributed by atoms with Crippen LogP contribution in [-0.4, -0.2) is 16.1 Å². The van der Waals surface area contributed by atoms with Gasteiger partial charge in [-0.25, -0.2) is 9.18 Å². The molecule has 0 spiro atoms. The lowest BCUT2D eigenvalue weighted by molar-refractivity contribution is 0.0697. The molecule has 0 saturated heterocycles. The summed E-state index contributed by atoms with van der Waals surface area (Å²) in [5.74, 6) is -0.909. The molecule has 0 aliphatic rings. The second-order valence-corrected chi connectivity index (χ2v) is 4.63. The number of ether oxygens (including phenoxy) is 1. The van der Waals surface area contributed by atoms with E-state index in [0.717, 1.165) is 16.5 Å². The Kier molecular flexibility index (Phi) is 3.31. The van der Waals surface area contributed by atoms with E-state index in [1.54, 1.807) is 36.5 Å². The Hall–Kier alpha value is -2.82. The molecule has 0 aliphatic heterocycles. The molecule has 0 fully saturated rings. The van der Waals surface area contributed by atoms with Gasteiger partial charge in [-0.15, -0.1) is 0 Å². The maximum atomic E-state index is 13.1. The van der Waals surface area contributed by atoms with Crippen LogP contribution in [0.3, 0.4) is 0 Å². The van der Waals surface area contributed by atoms with Crippen LogP contribution >= 0.6 is 0 Å². The second-order valence-electron chi connectivity index (χ2n) is 4.63. The molecule has 2 N–H and O–H groups in total. The maximum Gasteiger partial charge on any atom is 0.335 e. The fourth-order valence-corrected chi connectivity index (χ4v) is 2.15. The lowest BCUT2D eigenvalue weighted by Crippen LogP contribution is -1.97. The first-order chi connectivity index (χ1) is 10.1. The minimum Gasteiger partial charge on any atom is -0.489 e. The Morgan fingerprint density at radius 3 is 2.86 bits per heavy atom. The van der Waals surface area contributed by atoms with Crippen LogP contribution in [0.15, 0.2) is 48.7 Å². The molecule has 5 heteroatoms. The Balaban J connectivity index is 1.86. The van der Waals surface area contributed by atoms with Crippen LogP contribution < -0.4 is 4.74 Å². The normalized spacial score (nSPS) is 10.7. The highest BCUT2D eigenvalue weighted by atomic mass is 19.1. The number of carboxylic acids is 1. The van der Waals surface area contributed by atoms with E-state index in [1.165, 1.54) is 12.1 Å². The van der Waals surface area contributed by atoms with Crippen molar-refractivity contribution in [1.82, 2.24) is 4.98 Å². The number of nitrogens with one attached hydrogen (secondary N) is 1. The van der Waals surface area contributed by atoms with Gasteiger partial charge in [0.15, 0.2) is 0 Å². The van der Waals surface area contributed by atoms with E-state index in [0.29, 0.717) is 5.75 Å². The number of carboxylic acid groups (broad SMARTS) is 1. The molecule has 0 radical (unpaired) electrons. The number of rotatable bonds is 4. The minimum atomic E-state index is -0.977. The van der Waals surface area contributed by atoms with Crippen LogP contribution in [0, 0.1) is 5.82 Å². The Labute approximate surface area is 119 Å². The number of hydrogen-bond acceptors (Lipinski definition) is 2. The van der Waals surface area contributed by atoms with Gasteiger partial charge in [0.1, 0.15) is 18.2 Å². The number of hydrogen-bond donors (Lipinski definition) is 2. The number of aromatic carboxylic acids is 1. The Bertz CT molecular complexity index is 810. The number of benzene rings is 2. The highest BCUT2D eigenvalue weighted by molar-refractivity contribution is 5.94. The molecule has 0 saturated carbocycles. The van der Waals surface area contributed by atoms with Crippen molar-refractivity contribution in [3.05, 3.63) is 65.6 Å². The summed E-state index contributed by atoms with van der Waals surface area (Å²) < 4.78 is 18.6. The summed E-state index contributed by atoms with van der Waals surface area (Å²) in [4.78, 5) is 14.1. The second kappa shape index (κ2) is 5.28. The fraction of sp³-hybridized carbons (Fsp3) is 0.0625. The van der Waals surface area contributed by atoms with Crippen molar-refractivity contribution in [1.29, 1.82) is 0 Å². The number of aromatic nitrogens is 1. The summed E-state index contributed by atoms with van der Waals surface area (Å²) in [6.45, 7) is 0.229. The van der Waals surface area contributed by atoms with Crippen LogP contribution in [0.1, 0.15) is 15.9 Å². The first-order valence-electron chi connectivity index (χ1n) is 6.35. The highest BCUT2D eigenvalue weighted by Gasteiger charge is 2.09. The molecular formula is C16H12FNO3. The van der Waals surface area contributed by atoms with Crippen LogP contribution in [-0.2, 0) is 6.61 Å². The van der Waals surface area contributed by atoms with Gasteiger partial charge in [0, 0.05) is 28.7 Å². The van der Waals surface area contributed by atoms with Gasteiger partial charge in [0.2, 0.25) is 0 Å². The van der Waals surface area contributed by atoms with Gasteiger partial charge in [-0.1, -0.05) is 6.07 Å². The van der Waals surface area contributed by atoms with E-state index in [2.05, 4.69) is 4.98 Å². The van der Waals surface area contributed by atoms with Crippen molar-refractivity contribution in [2.45, 2.75) is 6.61 Å². The fourth-order valence-electron chi connectivity index (χ4n) is 2.15. The molecule has 0 atom stereocenters. The standard InChI is InChI=1S/C16H12FNO3/c17-12-2-1-3-13(7-12)21-9-11-8-18-15-5-4-10(16(19)20)6-14(11)15/h1-8,18H,9H2,(H,19,20). The van der Waals surface area contributed by atoms with Crippen LogP contribution in [0.2, 0.25) is 0 Å². The van der Waals surface area contributed by atoms with Gasteiger partial charge in [-0.05, 0) is 30.3 Å². The molecule has 0 aliphatic carbocycles. The number of halogens is 1.